The zero-order valence-corrected chi connectivity index (χ0v) is 19.7. The molecule has 3 atom stereocenters. The molecule has 0 saturated carbocycles. The number of amides is 4. The first kappa shape index (κ1) is 24.3. The minimum atomic E-state index is -0.742. The molecule has 2 aliphatic rings. The fourth-order valence-corrected chi connectivity index (χ4v) is 4.50. The van der Waals surface area contributed by atoms with Crippen molar-refractivity contribution in [2.45, 2.75) is 45.7 Å². The third-order valence-corrected chi connectivity index (χ3v) is 6.74. The van der Waals surface area contributed by atoms with Crippen LogP contribution < -0.4 is 5.32 Å². The molecular weight excluding hydrogens is 453 g/mol. The molecular formula is C23H27Cl2N3O4. The highest BCUT2D eigenvalue weighted by molar-refractivity contribution is 6.42. The van der Waals surface area contributed by atoms with E-state index in [-0.39, 0.29) is 55.0 Å². The van der Waals surface area contributed by atoms with E-state index in [0.717, 1.165) is 0 Å². The molecule has 1 aliphatic carbocycles. The number of imide groups is 1. The molecule has 32 heavy (non-hydrogen) atoms. The quantitative estimate of drug-likeness (QED) is 0.458. The van der Waals surface area contributed by atoms with E-state index >= 15 is 0 Å². The summed E-state index contributed by atoms with van der Waals surface area (Å²) in [4.78, 5) is 53.6. The number of nitrogens with zero attached hydrogens (tertiary/aromatic N) is 2. The highest BCUT2D eigenvalue weighted by Gasteiger charge is 2.47. The molecule has 0 aromatic heterocycles. The molecule has 0 spiro atoms. The maximum Gasteiger partial charge on any atom is 0.242 e. The molecule has 7 nitrogen and oxygen atoms in total. The van der Waals surface area contributed by atoms with Crippen LogP contribution in [0, 0.1) is 11.8 Å². The van der Waals surface area contributed by atoms with Crippen LogP contribution in [-0.4, -0.2) is 52.6 Å². The first-order valence-corrected chi connectivity index (χ1v) is 11.5. The normalized spacial score (nSPS) is 20.8. The molecule has 1 saturated heterocycles. The molecule has 1 aromatic carbocycles. The summed E-state index contributed by atoms with van der Waals surface area (Å²) in [6.07, 6.45) is 4.89. The van der Waals surface area contributed by atoms with Crippen LogP contribution >= 0.6 is 23.2 Å². The molecule has 172 valence electrons. The SMILES string of the molecule is CCNC(=O)[C@H](C)N(Cc1ccc(Cl)c(Cl)c1)C(=O)CCN1C(=O)[C@H]2CC=CC[C@H]2C1=O. The van der Waals surface area contributed by atoms with E-state index in [0.29, 0.717) is 35.0 Å². The van der Waals surface area contributed by atoms with E-state index in [4.69, 9.17) is 23.2 Å². The Bertz CT molecular complexity index is 923. The number of halogens is 2. The van der Waals surface area contributed by atoms with Gasteiger partial charge in [0, 0.05) is 26.1 Å². The van der Waals surface area contributed by atoms with Gasteiger partial charge in [-0.15, -0.1) is 0 Å². The number of nitrogens with one attached hydrogen (secondary N) is 1. The van der Waals surface area contributed by atoms with Crippen LogP contribution in [0.5, 0.6) is 0 Å². The van der Waals surface area contributed by atoms with Gasteiger partial charge in [-0.3, -0.25) is 24.1 Å². The lowest BCUT2D eigenvalue weighted by Crippen LogP contribution is -2.48. The Balaban J connectivity index is 1.73. The van der Waals surface area contributed by atoms with Crippen molar-refractivity contribution < 1.29 is 19.2 Å². The number of hydrogen-bond donors (Lipinski definition) is 1. The fraction of sp³-hybridized carbons (Fsp3) is 0.478. The average molecular weight is 480 g/mol. The lowest BCUT2D eigenvalue weighted by Gasteiger charge is -2.29. The monoisotopic (exact) mass is 479 g/mol. The van der Waals surface area contributed by atoms with Gasteiger partial charge >= 0.3 is 0 Å². The molecule has 0 radical (unpaired) electrons. The van der Waals surface area contributed by atoms with Crippen molar-refractivity contribution in [2.75, 3.05) is 13.1 Å². The summed E-state index contributed by atoms with van der Waals surface area (Å²) in [7, 11) is 0. The van der Waals surface area contributed by atoms with Gasteiger partial charge in [-0.2, -0.15) is 0 Å². The van der Waals surface area contributed by atoms with Crippen LogP contribution in [-0.2, 0) is 25.7 Å². The van der Waals surface area contributed by atoms with E-state index in [9.17, 15) is 19.2 Å². The van der Waals surface area contributed by atoms with E-state index in [1.165, 1.54) is 9.80 Å². The highest BCUT2D eigenvalue weighted by Crippen LogP contribution is 2.35. The minimum absolute atomic E-state index is 0.00346. The second kappa shape index (κ2) is 10.5. The Kier molecular flexibility index (Phi) is 7.96. The summed E-state index contributed by atoms with van der Waals surface area (Å²) < 4.78 is 0. The number of fused-ring (bicyclic) bond motifs is 1. The van der Waals surface area contributed by atoms with Crippen molar-refractivity contribution in [3.63, 3.8) is 0 Å². The Morgan fingerprint density at radius 2 is 1.75 bits per heavy atom. The first-order chi connectivity index (χ1) is 15.2. The number of benzene rings is 1. The minimum Gasteiger partial charge on any atom is -0.355 e. The van der Waals surface area contributed by atoms with E-state index in [1.54, 1.807) is 32.0 Å². The fourth-order valence-electron chi connectivity index (χ4n) is 4.18. The van der Waals surface area contributed by atoms with Gasteiger partial charge in [-0.1, -0.05) is 41.4 Å². The predicted octanol–water partition coefficient (Wildman–Crippen LogP) is 3.19. The number of rotatable bonds is 8. The topological polar surface area (TPSA) is 86.8 Å². The van der Waals surface area contributed by atoms with Crippen molar-refractivity contribution in [2.24, 2.45) is 11.8 Å². The molecule has 4 amide bonds. The van der Waals surface area contributed by atoms with Gasteiger partial charge in [0.2, 0.25) is 23.6 Å². The number of allylic oxidation sites excluding steroid dienone is 2. The maximum atomic E-state index is 13.2. The second-order valence-corrected chi connectivity index (χ2v) is 8.89. The molecule has 1 fully saturated rings. The average Bonchev–Trinajstić information content (AvgIpc) is 3.02. The van der Waals surface area contributed by atoms with Gasteiger partial charge in [0.15, 0.2) is 0 Å². The standard InChI is InChI=1S/C23H27Cl2N3O4/c1-3-26-21(30)14(2)28(13-15-8-9-18(24)19(25)12-15)20(29)10-11-27-22(31)16-6-4-5-7-17(16)23(27)32/h4-5,8-9,12,14,16-17H,3,6-7,10-11,13H2,1-2H3,(H,26,30)/t14-,16-,17+/m0/s1. The third kappa shape index (κ3) is 5.15. The van der Waals surface area contributed by atoms with Crippen molar-refractivity contribution in [3.8, 4) is 0 Å². The summed E-state index contributed by atoms with van der Waals surface area (Å²) in [5.41, 5.74) is 0.717. The van der Waals surface area contributed by atoms with Gasteiger partial charge in [-0.25, -0.2) is 0 Å². The smallest absolute Gasteiger partial charge is 0.242 e. The highest BCUT2D eigenvalue weighted by atomic mass is 35.5. The maximum absolute atomic E-state index is 13.2. The first-order valence-electron chi connectivity index (χ1n) is 10.8. The zero-order chi connectivity index (χ0) is 23.4. The van der Waals surface area contributed by atoms with Crippen molar-refractivity contribution >= 4 is 46.8 Å². The zero-order valence-electron chi connectivity index (χ0n) is 18.1. The number of hydrogen-bond acceptors (Lipinski definition) is 4. The summed E-state index contributed by atoms with van der Waals surface area (Å²) in [6, 6.07) is 4.29. The lowest BCUT2D eigenvalue weighted by molar-refractivity contribution is -0.143. The molecule has 0 unspecified atom stereocenters. The van der Waals surface area contributed by atoms with E-state index in [1.807, 2.05) is 12.2 Å². The van der Waals surface area contributed by atoms with Crippen molar-refractivity contribution in [1.29, 1.82) is 0 Å². The van der Waals surface area contributed by atoms with Gasteiger partial charge in [0.1, 0.15) is 6.04 Å². The van der Waals surface area contributed by atoms with Crippen molar-refractivity contribution in [3.05, 3.63) is 46.0 Å². The number of carbonyl (C=O) groups is 4. The summed E-state index contributed by atoms with van der Waals surface area (Å²) in [5.74, 6) is -1.71. The number of likely N-dealkylation sites (N-methyl/N-ethyl adjacent to an activating group) is 1. The predicted molar refractivity (Wildman–Crippen MR) is 122 cm³/mol. The molecule has 0 bridgehead atoms. The van der Waals surface area contributed by atoms with Crippen LogP contribution in [0.15, 0.2) is 30.4 Å². The largest absolute Gasteiger partial charge is 0.355 e. The van der Waals surface area contributed by atoms with Crippen LogP contribution in [0.4, 0.5) is 0 Å². The van der Waals surface area contributed by atoms with Crippen LogP contribution in [0.3, 0.4) is 0 Å². The second-order valence-electron chi connectivity index (χ2n) is 8.07. The van der Waals surface area contributed by atoms with E-state index < -0.39 is 6.04 Å². The van der Waals surface area contributed by atoms with Crippen LogP contribution in [0.25, 0.3) is 0 Å². The third-order valence-electron chi connectivity index (χ3n) is 6.00. The van der Waals surface area contributed by atoms with Gasteiger partial charge in [-0.05, 0) is 44.4 Å². The molecule has 9 heteroatoms. The molecule has 1 N–H and O–H groups in total. The molecule has 1 aliphatic heterocycles. The molecule has 3 rings (SSSR count). The van der Waals surface area contributed by atoms with Gasteiger partial charge in [0.25, 0.3) is 0 Å². The number of carbonyl (C=O) groups excluding carboxylic acids is 4. The number of likely N-dealkylation sites (tertiary alicyclic amines) is 1. The van der Waals surface area contributed by atoms with Crippen LogP contribution in [0.2, 0.25) is 10.0 Å². The molecule has 1 aromatic rings. The van der Waals surface area contributed by atoms with Gasteiger partial charge < -0.3 is 10.2 Å². The Hall–Kier alpha value is -2.38. The van der Waals surface area contributed by atoms with E-state index in [2.05, 4.69) is 5.32 Å². The van der Waals surface area contributed by atoms with Crippen molar-refractivity contribution in [1.82, 2.24) is 15.1 Å². The summed E-state index contributed by atoms with van der Waals surface area (Å²) in [6.45, 7) is 4.03. The Morgan fingerprint density at radius 3 is 2.31 bits per heavy atom. The van der Waals surface area contributed by atoms with Crippen LogP contribution in [0.1, 0.15) is 38.7 Å². The lowest BCUT2D eigenvalue weighted by atomic mass is 9.85. The van der Waals surface area contributed by atoms with Gasteiger partial charge in [0.05, 0.1) is 21.9 Å². The molecule has 1 heterocycles. The summed E-state index contributed by atoms with van der Waals surface area (Å²) in [5, 5.41) is 3.48. The Morgan fingerprint density at radius 1 is 1.12 bits per heavy atom. The Labute approximate surface area is 197 Å². The summed E-state index contributed by atoms with van der Waals surface area (Å²) >= 11 is 12.1.